The van der Waals surface area contributed by atoms with E-state index >= 15 is 0 Å². The van der Waals surface area contributed by atoms with E-state index in [0.717, 1.165) is 44.1 Å². The van der Waals surface area contributed by atoms with Gasteiger partial charge in [-0.15, -0.1) is 0 Å². The summed E-state index contributed by atoms with van der Waals surface area (Å²) in [6, 6.07) is 0.640. The number of likely N-dealkylation sites (tertiary alicyclic amines) is 1. The van der Waals surface area contributed by atoms with Gasteiger partial charge in [0.15, 0.2) is 5.82 Å². The third-order valence-corrected chi connectivity index (χ3v) is 4.93. The molecular weight excluding hydrogens is 264 g/mol. The molecule has 1 aromatic rings. The molecule has 0 saturated carbocycles. The van der Waals surface area contributed by atoms with Crippen LogP contribution in [-0.2, 0) is 6.42 Å². The normalized spacial score (nSPS) is 25.6. The first kappa shape index (κ1) is 15.0. The number of aromatic nitrogens is 2. The van der Waals surface area contributed by atoms with Crippen LogP contribution in [0.1, 0.15) is 57.2 Å². The van der Waals surface area contributed by atoms with Crippen LogP contribution in [0, 0.1) is 5.92 Å². The topological polar surface area (TPSA) is 54.2 Å². The Kier molecular flexibility index (Phi) is 4.91. The number of piperidine rings is 2. The largest absolute Gasteiger partial charge is 0.339 e. The van der Waals surface area contributed by atoms with Crippen molar-refractivity contribution in [3.8, 4) is 0 Å². The van der Waals surface area contributed by atoms with E-state index < -0.39 is 0 Å². The van der Waals surface area contributed by atoms with Crippen molar-refractivity contribution in [2.45, 2.75) is 57.9 Å². The summed E-state index contributed by atoms with van der Waals surface area (Å²) in [5.41, 5.74) is 0. The lowest BCUT2D eigenvalue weighted by atomic mass is 9.94. The first-order valence-electron chi connectivity index (χ1n) is 8.49. The van der Waals surface area contributed by atoms with E-state index in [1.165, 1.54) is 25.9 Å². The van der Waals surface area contributed by atoms with Gasteiger partial charge in [0.25, 0.3) is 0 Å². The second-order valence-electron chi connectivity index (χ2n) is 6.87. The van der Waals surface area contributed by atoms with E-state index in [4.69, 9.17) is 4.52 Å². The van der Waals surface area contributed by atoms with Crippen molar-refractivity contribution >= 4 is 0 Å². The molecule has 0 radical (unpaired) electrons. The minimum absolute atomic E-state index is 0.488. The number of rotatable bonds is 4. The molecule has 118 valence electrons. The van der Waals surface area contributed by atoms with E-state index in [-0.39, 0.29) is 0 Å². The fourth-order valence-electron chi connectivity index (χ4n) is 3.58. The molecule has 0 bridgehead atoms. The lowest BCUT2D eigenvalue weighted by molar-refractivity contribution is 0.135. The maximum Gasteiger partial charge on any atom is 0.226 e. The highest BCUT2D eigenvalue weighted by molar-refractivity contribution is 4.98. The summed E-state index contributed by atoms with van der Waals surface area (Å²) in [7, 11) is 0. The average molecular weight is 292 g/mol. The minimum atomic E-state index is 0.488. The number of hydrogen-bond acceptors (Lipinski definition) is 5. The molecule has 2 aliphatic heterocycles. The van der Waals surface area contributed by atoms with Gasteiger partial charge in [-0.3, -0.25) is 0 Å². The lowest BCUT2D eigenvalue weighted by Crippen LogP contribution is -2.40. The van der Waals surface area contributed by atoms with Crippen LogP contribution in [0.25, 0.3) is 0 Å². The Bertz CT molecular complexity index is 439. The summed E-state index contributed by atoms with van der Waals surface area (Å²) in [5.74, 6) is 2.94. The summed E-state index contributed by atoms with van der Waals surface area (Å²) >= 11 is 0. The maximum absolute atomic E-state index is 5.52. The molecule has 2 fully saturated rings. The smallest absolute Gasteiger partial charge is 0.226 e. The summed E-state index contributed by atoms with van der Waals surface area (Å²) in [6.45, 7) is 9.11. The summed E-state index contributed by atoms with van der Waals surface area (Å²) < 4.78 is 5.52. The predicted molar refractivity (Wildman–Crippen MR) is 82.3 cm³/mol. The Morgan fingerprint density at radius 2 is 2.10 bits per heavy atom. The van der Waals surface area contributed by atoms with Gasteiger partial charge >= 0.3 is 0 Å². The molecule has 1 aromatic heterocycles. The highest BCUT2D eigenvalue weighted by Gasteiger charge is 2.25. The van der Waals surface area contributed by atoms with Crippen molar-refractivity contribution < 1.29 is 4.52 Å². The van der Waals surface area contributed by atoms with Gasteiger partial charge in [0.05, 0.1) is 0 Å². The molecule has 1 atom stereocenters. The second-order valence-corrected chi connectivity index (χ2v) is 6.87. The molecular formula is C16H28N4O. The molecule has 21 heavy (non-hydrogen) atoms. The Balaban J connectivity index is 1.56. The van der Waals surface area contributed by atoms with Crippen LogP contribution in [0.15, 0.2) is 4.52 Å². The summed E-state index contributed by atoms with van der Waals surface area (Å²) in [5, 5.41) is 7.61. The third-order valence-electron chi connectivity index (χ3n) is 4.93. The van der Waals surface area contributed by atoms with E-state index in [1.807, 2.05) is 0 Å². The lowest BCUT2D eigenvalue weighted by Gasteiger charge is -2.34. The maximum atomic E-state index is 5.52. The van der Waals surface area contributed by atoms with Gasteiger partial charge in [0.2, 0.25) is 5.89 Å². The number of nitrogens with zero attached hydrogens (tertiary/aromatic N) is 3. The summed E-state index contributed by atoms with van der Waals surface area (Å²) in [6.07, 6.45) is 5.78. The predicted octanol–water partition coefficient (Wildman–Crippen LogP) is 2.20. The van der Waals surface area contributed by atoms with E-state index in [0.29, 0.717) is 17.9 Å². The highest BCUT2D eigenvalue weighted by Crippen LogP contribution is 2.25. The van der Waals surface area contributed by atoms with Crippen molar-refractivity contribution in [2.24, 2.45) is 5.92 Å². The first-order chi connectivity index (χ1) is 10.2. The Labute approximate surface area is 127 Å². The Morgan fingerprint density at radius 3 is 2.86 bits per heavy atom. The second kappa shape index (κ2) is 6.88. The minimum Gasteiger partial charge on any atom is -0.339 e. The zero-order valence-corrected chi connectivity index (χ0v) is 13.3. The zero-order chi connectivity index (χ0) is 14.7. The standard InChI is InChI=1S/C16H28N4O/c1-12(2)20-9-3-4-13(11-20)10-15-18-16(19-21-15)14-5-7-17-8-6-14/h12-14,17H,3-11H2,1-2H3. The van der Waals surface area contributed by atoms with Gasteiger partial charge in [0, 0.05) is 24.9 Å². The van der Waals surface area contributed by atoms with Crippen LogP contribution < -0.4 is 5.32 Å². The summed E-state index contributed by atoms with van der Waals surface area (Å²) in [4.78, 5) is 7.24. The average Bonchev–Trinajstić information content (AvgIpc) is 2.97. The Morgan fingerprint density at radius 1 is 1.29 bits per heavy atom. The van der Waals surface area contributed by atoms with Gasteiger partial charge in [-0.2, -0.15) is 4.98 Å². The molecule has 0 amide bonds. The molecule has 0 aromatic carbocycles. The fraction of sp³-hybridized carbons (Fsp3) is 0.875. The molecule has 0 aliphatic carbocycles. The number of nitrogens with one attached hydrogen (secondary N) is 1. The molecule has 1 N–H and O–H groups in total. The fourth-order valence-corrected chi connectivity index (χ4v) is 3.58. The van der Waals surface area contributed by atoms with Crippen LogP contribution in [0.3, 0.4) is 0 Å². The quantitative estimate of drug-likeness (QED) is 0.922. The van der Waals surface area contributed by atoms with Gasteiger partial charge in [-0.05, 0) is 65.1 Å². The Hall–Kier alpha value is -0.940. The van der Waals surface area contributed by atoms with Crippen molar-refractivity contribution in [2.75, 3.05) is 26.2 Å². The van der Waals surface area contributed by atoms with Crippen molar-refractivity contribution in [1.29, 1.82) is 0 Å². The van der Waals surface area contributed by atoms with Crippen LogP contribution in [0.5, 0.6) is 0 Å². The monoisotopic (exact) mass is 292 g/mol. The molecule has 5 nitrogen and oxygen atoms in total. The van der Waals surface area contributed by atoms with Gasteiger partial charge in [-0.1, -0.05) is 5.16 Å². The number of hydrogen-bond donors (Lipinski definition) is 1. The zero-order valence-electron chi connectivity index (χ0n) is 13.3. The molecule has 1 unspecified atom stereocenters. The van der Waals surface area contributed by atoms with Gasteiger partial charge in [-0.25, -0.2) is 0 Å². The first-order valence-corrected chi connectivity index (χ1v) is 8.49. The van der Waals surface area contributed by atoms with Crippen LogP contribution in [-0.4, -0.2) is 47.3 Å². The molecule has 2 saturated heterocycles. The van der Waals surface area contributed by atoms with Crippen molar-refractivity contribution in [3.63, 3.8) is 0 Å². The SMILES string of the molecule is CC(C)N1CCCC(Cc2nc(C3CCNCC3)no2)C1. The molecule has 0 spiro atoms. The molecule has 2 aliphatic rings. The van der Waals surface area contributed by atoms with Crippen LogP contribution >= 0.6 is 0 Å². The van der Waals surface area contributed by atoms with Crippen molar-refractivity contribution in [3.05, 3.63) is 11.7 Å². The van der Waals surface area contributed by atoms with Crippen LogP contribution in [0.2, 0.25) is 0 Å². The molecule has 3 rings (SSSR count). The van der Waals surface area contributed by atoms with E-state index in [9.17, 15) is 0 Å². The third kappa shape index (κ3) is 3.83. The highest BCUT2D eigenvalue weighted by atomic mass is 16.5. The van der Waals surface area contributed by atoms with Gasteiger partial charge < -0.3 is 14.7 Å². The molecule has 3 heterocycles. The van der Waals surface area contributed by atoms with Crippen LogP contribution in [0.4, 0.5) is 0 Å². The van der Waals surface area contributed by atoms with E-state index in [2.05, 4.69) is 34.2 Å². The molecule has 5 heteroatoms. The van der Waals surface area contributed by atoms with Crippen molar-refractivity contribution in [1.82, 2.24) is 20.4 Å². The van der Waals surface area contributed by atoms with Gasteiger partial charge in [0.1, 0.15) is 0 Å². The van der Waals surface area contributed by atoms with E-state index in [1.54, 1.807) is 0 Å².